The molecular weight excluding hydrogens is 284 g/mol. The molecule has 0 saturated heterocycles. The highest BCUT2D eigenvalue weighted by atomic mass is 16.4. The maximum atomic E-state index is 10.4. The van der Waals surface area contributed by atoms with E-state index in [2.05, 4.69) is 0 Å². The molecule has 0 fully saturated rings. The number of rotatable bonds is 2. The molecule has 2 rings (SSSR count). The van der Waals surface area contributed by atoms with Crippen LogP contribution in [0.4, 0.5) is 0 Å². The van der Waals surface area contributed by atoms with Gasteiger partial charge in [0.25, 0.3) is 0 Å². The van der Waals surface area contributed by atoms with E-state index in [0.717, 1.165) is 0 Å². The first-order valence-corrected chi connectivity index (χ1v) is 5.95. The molecule has 0 aliphatic rings. The lowest BCUT2D eigenvalue weighted by molar-refractivity contribution is 0.0686. The molecule has 0 aliphatic heterocycles. The summed E-state index contributed by atoms with van der Waals surface area (Å²) < 4.78 is 0. The normalized spacial score (nSPS) is 8.64. The fourth-order valence-electron chi connectivity index (χ4n) is 1.41. The van der Waals surface area contributed by atoms with Gasteiger partial charge in [-0.3, -0.25) is 0 Å². The summed E-state index contributed by atoms with van der Waals surface area (Å²) in [7, 11) is 0. The highest BCUT2D eigenvalue weighted by Gasteiger charge is 2.01. The Balaban J connectivity index is 0.000000220. The Hall–Kier alpha value is -3.64. The highest BCUT2D eigenvalue weighted by Crippen LogP contribution is 2.03. The minimum absolute atomic E-state index is 0.143. The van der Waals surface area contributed by atoms with Crippen LogP contribution in [-0.2, 0) is 0 Å². The molecule has 22 heavy (non-hydrogen) atoms. The largest absolute Gasteiger partial charge is 0.478 e. The number of carbonyl (C=O) groups is 2. The summed E-state index contributed by atoms with van der Waals surface area (Å²) in [6, 6.07) is 15.4. The summed E-state index contributed by atoms with van der Waals surface area (Å²) in [5, 5.41) is 33.7. The third kappa shape index (κ3) is 4.80. The van der Waals surface area contributed by atoms with E-state index in [0.29, 0.717) is 11.1 Å². The SMILES string of the molecule is N#Cc1ccc(C(=O)O)cc1.N#Cc1cccc(C(=O)O)c1. The first kappa shape index (κ1) is 16.4. The molecule has 2 N–H and O–H groups in total. The van der Waals surface area contributed by atoms with E-state index in [1.54, 1.807) is 12.1 Å². The molecule has 2 aromatic carbocycles. The average Bonchev–Trinajstić information content (AvgIpc) is 2.55. The molecule has 0 aromatic heterocycles. The Morgan fingerprint density at radius 1 is 0.773 bits per heavy atom. The second kappa shape index (κ2) is 7.83. The summed E-state index contributed by atoms with van der Waals surface area (Å²) in [5.74, 6) is -1.99. The van der Waals surface area contributed by atoms with Crippen molar-refractivity contribution in [3.63, 3.8) is 0 Å². The summed E-state index contributed by atoms with van der Waals surface area (Å²) >= 11 is 0. The number of benzene rings is 2. The Bertz CT molecular complexity index is 768. The van der Waals surface area contributed by atoms with Crippen molar-refractivity contribution < 1.29 is 19.8 Å². The van der Waals surface area contributed by atoms with Gasteiger partial charge in [0.15, 0.2) is 0 Å². The van der Waals surface area contributed by atoms with Gasteiger partial charge in [-0.05, 0) is 42.5 Å². The number of aromatic carboxylic acids is 2. The van der Waals surface area contributed by atoms with E-state index in [-0.39, 0.29) is 11.1 Å². The molecule has 0 atom stereocenters. The van der Waals surface area contributed by atoms with Gasteiger partial charge in [0.2, 0.25) is 0 Å². The van der Waals surface area contributed by atoms with Crippen LogP contribution in [0.3, 0.4) is 0 Å². The fourth-order valence-corrected chi connectivity index (χ4v) is 1.41. The van der Waals surface area contributed by atoms with Crippen molar-refractivity contribution in [1.82, 2.24) is 0 Å². The Morgan fingerprint density at radius 3 is 1.77 bits per heavy atom. The minimum atomic E-state index is -1.01. The molecular formula is C16H10N2O4. The Kier molecular flexibility index (Phi) is 5.84. The van der Waals surface area contributed by atoms with Crippen LogP contribution < -0.4 is 0 Å². The zero-order chi connectivity index (χ0) is 16.5. The number of carboxylic acid groups (broad SMARTS) is 2. The van der Waals surface area contributed by atoms with Gasteiger partial charge in [0.05, 0.1) is 34.4 Å². The predicted octanol–water partition coefficient (Wildman–Crippen LogP) is 2.51. The molecule has 0 spiro atoms. The quantitative estimate of drug-likeness (QED) is 0.877. The van der Waals surface area contributed by atoms with Crippen LogP contribution in [0, 0.1) is 22.7 Å². The second-order valence-corrected chi connectivity index (χ2v) is 3.99. The number of hydrogen-bond acceptors (Lipinski definition) is 4. The topological polar surface area (TPSA) is 122 Å². The van der Waals surface area contributed by atoms with Gasteiger partial charge in [0, 0.05) is 0 Å². The number of hydrogen-bond donors (Lipinski definition) is 2. The fraction of sp³-hybridized carbons (Fsp3) is 0. The molecule has 0 saturated carbocycles. The zero-order valence-corrected chi connectivity index (χ0v) is 11.2. The molecule has 0 bridgehead atoms. The van der Waals surface area contributed by atoms with Crippen molar-refractivity contribution in [2.45, 2.75) is 0 Å². The molecule has 0 amide bonds. The number of nitriles is 2. The molecule has 0 unspecified atom stereocenters. The van der Waals surface area contributed by atoms with Gasteiger partial charge in [-0.1, -0.05) is 6.07 Å². The van der Waals surface area contributed by atoms with Crippen LogP contribution in [0.15, 0.2) is 48.5 Å². The van der Waals surface area contributed by atoms with Crippen LogP contribution in [-0.4, -0.2) is 22.2 Å². The smallest absolute Gasteiger partial charge is 0.335 e. The van der Waals surface area contributed by atoms with Crippen LogP contribution in [0.2, 0.25) is 0 Å². The maximum absolute atomic E-state index is 10.4. The number of nitrogens with zero attached hydrogens (tertiary/aromatic N) is 2. The summed E-state index contributed by atoms with van der Waals surface area (Å²) in [6.07, 6.45) is 0. The van der Waals surface area contributed by atoms with Crippen molar-refractivity contribution in [1.29, 1.82) is 10.5 Å². The van der Waals surface area contributed by atoms with Crippen molar-refractivity contribution in [3.05, 3.63) is 70.8 Å². The molecule has 0 aliphatic carbocycles. The van der Waals surface area contributed by atoms with Crippen molar-refractivity contribution in [3.8, 4) is 12.1 Å². The number of carboxylic acids is 2. The van der Waals surface area contributed by atoms with Gasteiger partial charge >= 0.3 is 11.9 Å². The van der Waals surface area contributed by atoms with Gasteiger partial charge in [0.1, 0.15) is 0 Å². The summed E-state index contributed by atoms with van der Waals surface area (Å²) in [6.45, 7) is 0. The third-order valence-corrected chi connectivity index (χ3v) is 2.50. The summed E-state index contributed by atoms with van der Waals surface area (Å²) in [4.78, 5) is 20.7. The van der Waals surface area contributed by atoms with Gasteiger partial charge < -0.3 is 10.2 Å². The summed E-state index contributed by atoms with van der Waals surface area (Å²) in [5.41, 5.74) is 1.17. The van der Waals surface area contributed by atoms with Crippen molar-refractivity contribution in [2.75, 3.05) is 0 Å². The molecule has 2 aromatic rings. The standard InChI is InChI=1S/2C8H5NO2/c9-5-6-1-3-7(4-2-6)8(10)11;9-5-6-2-1-3-7(4-6)8(10)11/h2*1-4H,(H,10,11). The van der Waals surface area contributed by atoms with E-state index in [1.807, 2.05) is 12.1 Å². The zero-order valence-electron chi connectivity index (χ0n) is 11.2. The Labute approximate surface area is 126 Å². The molecule has 0 heterocycles. The van der Waals surface area contributed by atoms with Crippen LogP contribution in [0.1, 0.15) is 31.8 Å². The second-order valence-electron chi connectivity index (χ2n) is 3.99. The average molecular weight is 294 g/mol. The van der Waals surface area contributed by atoms with E-state index in [1.165, 1.54) is 36.4 Å². The van der Waals surface area contributed by atoms with Gasteiger partial charge in [-0.15, -0.1) is 0 Å². The highest BCUT2D eigenvalue weighted by molar-refractivity contribution is 5.88. The van der Waals surface area contributed by atoms with E-state index < -0.39 is 11.9 Å². The maximum Gasteiger partial charge on any atom is 0.335 e. The lowest BCUT2D eigenvalue weighted by atomic mass is 10.1. The van der Waals surface area contributed by atoms with Crippen LogP contribution in [0.25, 0.3) is 0 Å². The molecule has 6 nitrogen and oxygen atoms in total. The third-order valence-electron chi connectivity index (χ3n) is 2.50. The monoisotopic (exact) mass is 294 g/mol. The van der Waals surface area contributed by atoms with Crippen LogP contribution in [0.5, 0.6) is 0 Å². The van der Waals surface area contributed by atoms with E-state index in [9.17, 15) is 9.59 Å². The predicted molar refractivity (Wildman–Crippen MR) is 76.2 cm³/mol. The first-order chi connectivity index (χ1) is 10.5. The van der Waals surface area contributed by atoms with E-state index >= 15 is 0 Å². The molecule has 108 valence electrons. The Morgan fingerprint density at radius 2 is 1.32 bits per heavy atom. The first-order valence-electron chi connectivity index (χ1n) is 5.95. The molecule has 6 heteroatoms. The van der Waals surface area contributed by atoms with Crippen LogP contribution >= 0.6 is 0 Å². The lowest BCUT2D eigenvalue weighted by Gasteiger charge is -1.91. The van der Waals surface area contributed by atoms with E-state index in [4.69, 9.17) is 20.7 Å². The molecule has 0 radical (unpaired) electrons. The lowest BCUT2D eigenvalue weighted by Crippen LogP contribution is -1.95. The van der Waals surface area contributed by atoms with Crippen molar-refractivity contribution >= 4 is 11.9 Å². The van der Waals surface area contributed by atoms with Gasteiger partial charge in [-0.25, -0.2) is 9.59 Å². The van der Waals surface area contributed by atoms with Crippen molar-refractivity contribution in [2.24, 2.45) is 0 Å². The minimum Gasteiger partial charge on any atom is -0.478 e. The van der Waals surface area contributed by atoms with Gasteiger partial charge in [-0.2, -0.15) is 10.5 Å².